The first-order valence-corrected chi connectivity index (χ1v) is 5.42. The van der Waals surface area contributed by atoms with Gasteiger partial charge in [-0.15, -0.1) is 0 Å². The topological polar surface area (TPSA) is 49.3 Å². The monoisotopic (exact) mass is 221 g/mol. The van der Waals surface area contributed by atoms with Gasteiger partial charge >= 0.3 is 0 Å². The average molecular weight is 221 g/mol. The highest BCUT2D eigenvalue weighted by Crippen LogP contribution is 2.19. The van der Waals surface area contributed by atoms with Crippen molar-refractivity contribution in [3.63, 3.8) is 0 Å². The van der Waals surface area contributed by atoms with Crippen LogP contribution >= 0.6 is 0 Å². The number of carbonyl (C=O) groups is 1. The van der Waals surface area contributed by atoms with Crippen LogP contribution in [0.4, 0.5) is 0 Å². The maximum absolute atomic E-state index is 11.8. The first-order valence-electron chi connectivity index (χ1n) is 5.42. The smallest absolute Gasteiger partial charge is 0.251 e. The van der Waals surface area contributed by atoms with Gasteiger partial charge in [0.25, 0.3) is 5.91 Å². The highest BCUT2D eigenvalue weighted by atomic mass is 16.3. The summed E-state index contributed by atoms with van der Waals surface area (Å²) in [5.41, 5.74) is 0.462. The molecule has 1 amide bonds. The molecule has 88 valence electrons. The van der Waals surface area contributed by atoms with Gasteiger partial charge in [-0.25, -0.2) is 0 Å². The van der Waals surface area contributed by atoms with Gasteiger partial charge in [-0.1, -0.05) is 39.0 Å². The number of amides is 1. The second-order valence-corrected chi connectivity index (χ2v) is 4.94. The SMILES string of the molecule is CC(C)(C)C(CO)NC(=O)c1ccccc1. The molecule has 0 fully saturated rings. The Hall–Kier alpha value is -1.35. The van der Waals surface area contributed by atoms with E-state index in [2.05, 4.69) is 5.32 Å². The van der Waals surface area contributed by atoms with E-state index in [1.54, 1.807) is 12.1 Å². The van der Waals surface area contributed by atoms with Crippen molar-refractivity contribution in [3.05, 3.63) is 35.9 Å². The Morgan fingerprint density at radius 2 is 1.88 bits per heavy atom. The largest absolute Gasteiger partial charge is 0.394 e. The first-order chi connectivity index (χ1) is 7.45. The van der Waals surface area contributed by atoms with E-state index in [0.717, 1.165) is 0 Å². The third-order valence-corrected chi connectivity index (χ3v) is 2.57. The minimum absolute atomic E-state index is 0.0535. The standard InChI is InChI=1S/C13H19NO2/c1-13(2,3)11(9-15)14-12(16)10-7-5-4-6-8-10/h4-8,11,15H,9H2,1-3H3,(H,14,16). The summed E-state index contributed by atoms with van der Waals surface area (Å²) in [4.78, 5) is 11.8. The number of aliphatic hydroxyl groups excluding tert-OH is 1. The van der Waals surface area contributed by atoms with Crippen LogP contribution in [0.2, 0.25) is 0 Å². The second kappa shape index (κ2) is 5.12. The summed E-state index contributed by atoms with van der Waals surface area (Å²) in [5, 5.41) is 12.1. The number of rotatable bonds is 3. The molecule has 0 saturated heterocycles. The highest BCUT2D eigenvalue weighted by molar-refractivity contribution is 5.94. The lowest BCUT2D eigenvalue weighted by Crippen LogP contribution is -2.46. The van der Waals surface area contributed by atoms with E-state index < -0.39 is 0 Å². The Labute approximate surface area is 96.5 Å². The summed E-state index contributed by atoms with van der Waals surface area (Å²) in [7, 11) is 0. The number of carbonyl (C=O) groups excluding carboxylic acids is 1. The summed E-state index contributed by atoms with van der Waals surface area (Å²) < 4.78 is 0. The molecule has 0 aliphatic heterocycles. The Morgan fingerprint density at radius 1 is 1.31 bits per heavy atom. The second-order valence-electron chi connectivity index (χ2n) is 4.94. The van der Waals surface area contributed by atoms with Crippen molar-refractivity contribution in [1.82, 2.24) is 5.32 Å². The Bertz CT molecular complexity index is 341. The van der Waals surface area contributed by atoms with Crippen molar-refractivity contribution >= 4 is 5.91 Å². The fraction of sp³-hybridized carbons (Fsp3) is 0.462. The van der Waals surface area contributed by atoms with Gasteiger partial charge in [0.05, 0.1) is 12.6 Å². The summed E-state index contributed by atoms with van der Waals surface area (Å²) >= 11 is 0. The molecule has 1 aromatic carbocycles. The Balaban J connectivity index is 2.71. The van der Waals surface area contributed by atoms with Crippen LogP contribution in [0.25, 0.3) is 0 Å². The number of hydrogen-bond acceptors (Lipinski definition) is 2. The van der Waals surface area contributed by atoms with Crippen molar-refractivity contribution in [2.24, 2.45) is 5.41 Å². The summed E-state index contributed by atoms with van der Waals surface area (Å²) in [6.07, 6.45) is 0. The molecule has 0 spiro atoms. The molecule has 1 rings (SSSR count). The van der Waals surface area contributed by atoms with E-state index in [0.29, 0.717) is 5.56 Å². The molecule has 0 radical (unpaired) electrons. The zero-order valence-electron chi connectivity index (χ0n) is 10.0. The molecule has 2 N–H and O–H groups in total. The van der Waals surface area contributed by atoms with Crippen LogP contribution < -0.4 is 5.32 Å². The van der Waals surface area contributed by atoms with Crippen LogP contribution in [0.5, 0.6) is 0 Å². The zero-order valence-corrected chi connectivity index (χ0v) is 10.0. The average Bonchev–Trinajstić information content (AvgIpc) is 2.25. The van der Waals surface area contributed by atoms with Crippen LogP contribution in [0.3, 0.4) is 0 Å². The summed E-state index contributed by atoms with van der Waals surface area (Å²) in [6, 6.07) is 8.78. The van der Waals surface area contributed by atoms with E-state index in [9.17, 15) is 9.90 Å². The Kier molecular flexibility index (Phi) is 4.07. The van der Waals surface area contributed by atoms with Crippen molar-refractivity contribution in [2.45, 2.75) is 26.8 Å². The molecule has 3 heteroatoms. The summed E-state index contributed by atoms with van der Waals surface area (Å²) in [5.74, 6) is -0.144. The van der Waals surface area contributed by atoms with Gasteiger partial charge in [-0.3, -0.25) is 4.79 Å². The van der Waals surface area contributed by atoms with Gasteiger partial charge in [-0.05, 0) is 17.5 Å². The molecular formula is C13H19NO2. The maximum Gasteiger partial charge on any atom is 0.251 e. The van der Waals surface area contributed by atoms with Crippen molar-refractivity contribution in [1.29, 1.82) is 0 Å². The number of nitrogens with one attached hydrogen (secondary N) is 1. The molecule has 0 saturated carbocycles. The van der Waals surface area contributed by atoms with Gasteiger partial charge in [-0.2, -0.15) is 0 Å². The van der Waals surface area contributed by atoms with Gasteiger partial charge in [0.2, 0.25) is 0 Å². The third-order valence-electron chi connectivity index (χ3n) is 2.57. The lowest BCUT2D eigenvalue weighted by Gasteiger charge is -2.29. The fourth-order valence-electron chi connectivity index (χ4n) is 1.37. The summed E-state index contributed by atoms with van der Waals surface area (Å²) in [6.45, 7) is 5.90. The molecule has 0 bridgehead atoms. The van der Waals surface area contributed by atoms with E-state index in [1.807, 2.05) is 39.0 Å². The third kappa shape index (κ3) is 3.35. The van der Waals surface area contributed by atoms with E-state index in [1.165, 1.54) is 0 Å². The number of aliphatic hydroxyl groups is 1. The normalized spacial score (nSPS) is 13.2. The van der Waals surface area contributed by atoms with Crippen LogP contribution in [-0.2, 0) is 0 Å². The van der Waals surface area contributed by atoms with Crippen molar-refractivity contribution in [2.75, 3.05) is 6.61 Å². The van der Waals surface area contributed by atoms with E-state index in [4.69, 9.17) is 0 Å². The number of hydrogen-bond donors (Lipinski definition) is 2. The molecule has 16 heavy (non-hydrogen) atoms. The predicted molar refractivity (Wildman–Crippen MR) is 64.2 cm³/mol. The molecule has 1 aromatic rings. The molecule has 1 atom stereocenters. The fourth-order valence-corrected chi connectivity index (χ4v) is 1.37. The molecule has 0 heterocycles. The highest BCUT2D eigenvalue weighted by Gasteiger charge is 2.25. The van der Waals surface area contributed by atoms with Crippen LogP contribution in [-0.4, -0.2) is 23.7 Å². The molecule has 0 aliphatic rings. The molecule has 1 unspecified atom stereocenters. The zero-order chi connectivity index (χ0) is 12.2. The molecular weight excluding hydrogens is 202 g/mol. The minimum Gasteiger partial charge on any atom is -0.394 e. The molecule has 0 aliphatic carbocycles. The van der Waals surface area contributed by atoms with Crippen LogP contribution in [0.1, 0.15) is 31.1 Å². The van der Waals surface area contributed by atoms with Crippen molar-refractivity contribution < 1.29 is 9.90 Å². The lowest BCUT2D eigenvalue weighted by molar-refractivity contribution is 0.0848. The van der Waals surface area contributed by atoms with Crippen LogP contribution in [0, 0.1) is 5.41 Å². The van der Waals surface area contributed by atoms with Crippen molar-refractivity contribution in [3.8, 4) is 0 Å². The molecule has 3 nitrogen and oxygen atoms in total. The Morgan fingerprint density at radius 3 is 2.31 bits per heavy atom. The quantitative estimate of drug-likeness (QED) is 0.818. The predicted octanol–water partition coefficient (Wildman–Crippen LogP) is 1.82. The van der Waals surface area contributed by atoms with Gasteiger partial charge < -0.3 is 10.4 Å². The maximum atomic E-state index is 11.8. The molecule has 0 aromatic heterocycles. The van der Waals surface area contributed by atoms with E-state index in [-0.39, 0.29) is 24.0 Å². The first kappa shape index (κ1) is 12.7. The van der Waals surface area contributed by atoms with Gasteiger partial charge in [0.1, 0.15) is 0 Å². The van der Waals surface area contributed by atoms with Crippen LogP contribution in [0.15, 0.2) is 30.3 Å². The minimum atomic E-state index is -0.236. The lowest BCUT2D eigenvalue weighted by atomic mass is 9.87. The number of benzene rings is 1. The van der Waals surface area contributed by atoms with E-state index >= 15 is 0 Å². The van der Waals surface area contributed by atoms with Gasteiger partial charge in [0, 0.05) is 5.56 Å². The van der Waals surface area contributed by atoms with Gasteiger partial charge in [0.15, 0.2) is 0 Å².